The Morgan fingerprint density at radius 2 is 1.81 bits per heavy atom. The van der Waals surface area contributed by atoms with E-state index < -0.39 is 10.0 Å². The smallest absolute Gasteiger partial charge is 0.240 e. The van der Waals surface area contributed by atoms with Gasteiger partial charge in [-0.25, -0.2) is 13.1 Å². The molecule has 1 aliphatic rings. The van der Waals surface area contributed by atoms with Crippen molar-refractivity contribution >= 4 is 21.6 Å². The van der Waals surface area contributed by atoms with Crippen LogP contribution in [0, 0.1) is 0 Å². The molecule has 0 aromatic heterocycles. The molecular weight excluding hydrogens is 290 g/mol. The lowest BCUT2D eigenvalue weighted by atomic mass is 10.3. The zero-order valence-electron chi connectivity index (χ0n) is 12.2. The molecule has 1 fully saturated rings. The third kappa shape index (κ3) is 4.80. The highest BCUT2D eigenvalue weighted by molar-refractivity contribution is 7.89. The summed E-state index contributed by atoms with van der Waals surface area (Å²) in [4.78, 5) is 12.6. The summed E-state index contributed by atoms with van der Waals surface area (Å²) in [6.07, 6.45) is 2.46. The summed E-state index contributed by atoms with van der Waals surface area (Å²) in [6.45, 7) is 4.95. The Morgan fingerprint density at radius 3 is 2.38 bits per heavy atom. The number of sulfonamides is 1. The number of hydrogen-bond acceptors (Lipinski definition) is 3. The van der Waals surface area contributed by atoms with Crippen LogP contribution < -0.4 is 14.9 Å². The van der Waals surface area contributed by atoms with E-state index in [-0.39, 0.29) is 10.8 Å². The van der Waals surface area contributed by atoms with Gasteiger partial charge >= 0.3 is 0 Å². The number of benzene rings is 1. The highest BCUT2D eigenvalue weighted by atomic mass is 32.2. The number of carbonyl (C=O) groups excluding carboxylic acids is 1. The van der Waals surface area contributed by atoms with Crippen molar-refractivity contribution in [3.63, 3.8) is 0 Å². The Bertz CT molecular complexity index is 578. The number of anilines is 1. The fraction of sp³-hybridized carbons (Fsp3) is 0.500. The first kappa shape index (κ1) is 15.9. The van der Waals surface area contributed by atoms with Crippen LogP contribution in [0.15, 0.2) is 29.2 Å². The molecule has 1 amide bonds. The van der Waals surface area contributed by atoms with Crippen molar-refractivity contribution in [2.24, 2.45) is 0 Å². The average molecular weight is 312 g/mol. The second-order valence-corrected chi connectivity index (χ2v) is 7.08. The van der Waals surface area contributed by atoms with Gasteiger partial charge in [-0.3, -0.25) is 4.79 Å². The lowest BCUT2D eigenvalue weighted by Crippen LogP contribution is -3.10. The number of nitrogens with one attached hydrogen (secondary N) is 3. The molecule has 0 atom stereocenters. The molecular formula is C14H22N3O3S+. The molecule has 0 saturated carbocycles. The molecule has 0 radical (unpaired) electrons. The van der Waals surface area contributed by atoms with Gasteiger partial charge in [0.25, 0.3) is 0 Å². The predicted molar refractivity (Wildman–Crippen MR) is 80.7 cm³/mol. The molecule has 7 heteroatoms. The second-order valence-electron chi connectivity index (χ2n) is 5.31. The maximum atomic E-state index is 12.1. The van der Waals surface area contributed by atoms with Crippen molar-refractivity contribution < 1.29 is 18.1 Å². The van der Waals surface area contributed by atoms with E-state index in [9.17, 15) is 13.2 Å². The normalized spacial score (nSPS) is 16.0. The molecule has 1 aromatic carbocycles. The van der Waals surface area contributed by atoms with Crippen molar-refractivity contribution in [2.45, 2.75) is 24.7 Å². The summed E-state index contributed by atoms with van der Waals surface area (Å²) in [5.74, 6) is -0.183. The Balaban J connectivity index is 1.90. The van der Waals surface area contributed by atoms with Crippen LogP contribution in [0.2, 0.25) is 0 Å². The van der Waals surface area contributed by atoms with E-state index in [1.807, 2.05) is 0 Å². The number of rotatable bonds is 6. The standard InChI is InChI=1S/C14H21N3O3S/c1-12(18)16-13-4-6-14(7-5-13)21(19,20)15-8-11-17-9-2-3-10-17/h4-7,15H,2-3,8-11H2,1H3,(H,16,18)/p+1. The van der Waals surface area contributed by atoms with Crippen LogP contribution in [0.4, 0.5) is 5.69 Å². The lowest BCUT2D eigenvalue weighted by Gasteiger charge is -2.13. The van der Waals surface area contributed by atoms with Crippen LogP contribution in [0.5, 0.6) is 0 Å². The van der Waals surface area contributed by atoms with E-state index in [0.29, 0.717) is 12.2 Å². The fourth-order valence-corrected chi connectivity index (χ4v) is 3.52. The number of carbonyl (C=O) groups is 1. The minimum absolute atomic E-state index is 0.183. The van der Waals surface area contributed by atoms with Crippen molar-refractivity contribution in [3.05, 3.63) is 24.3 Å². The zero-order chi connectivity index (χ0) is 15.3. The molecule has 3 N–H and O–H groups in total. The minimum atomic E-state index is -3.47. The van der Waals surface area contributed by atoms with E-state index in [2.05, 4.69) is 10.0 Å². The van der Waals surface area contributed by atoms with Gasteiger partial charge in [0.05, 0.1) is 31.1 Å². The predicted octanol–water partition coefficient (Wildman–Crippen LogP) is -0.398. The molecule has 6 nitrogen and oxygen atoms in total. The van der Waals surface area contributed by atoms with E-state index in [1.54, 1.807) is 12.1 Å². The van der Waals surface area contributed by atoms with E-state index >= 15 is 0 Å². The summed E-state index contributed by atoms with van der Waals surface area (Å²) in [5.41, 5.74) is 0.586. The molecule has 0 spiro atoms. The molecule has 116 valence electrons. The van der Waals surface area contributed by atoms with Gasteiger partial charge in [0, 0.05) is 25.5 Å². The van der Waals surface area contributed by atoms with Crippen molar-refractivity contribution in [1.29, 1.82) is 0 Å². The van der Waals surface area contributed by atoms with Crippen LogP contribution >= 0.6 is 0 Å². The van der Waals surface area contributed by atoms with Crippen LogP contribution in [0.3, 0.4) is 0 Å². The molecule has 1 aliphatic heterocycles. The van der Waals surface area contributed by atoms with Crippen LogP contribution in [0.25, 0.3) is 0 Å². The van der Waals surface area contributed by atoms with Gasteiger partial charge < -0.3 is 10.2 Å². The maximum Gasteiger partial charge on any atom is 0.240 e. The van der Waals surface area contributed by atoms with Gasteiger partial charge in [-0.15, -0.1) is 0 Å². The molecule has 0 bridgehead atoms. The summed E-state index contributed by atoms with van der Waals surface area (Å²) in [6, 6.07) is 6.16. The number of hydrogen-bond donors (Lipinski definition) is 3. The molecule has 0 aliphatic carbocycles. The average Bonchev–Trinajstić information content (AvgIpc) is 2.91. The Hall–Kier alpha value is -1.44. The van der Waals surface area contributed by atoms with E-state index in [1.165, 1.54) is 36.8 Å². The first-order valence-corrected chi connectivity index (χ1v) is 8.66. The van der Waals surface area contributed by atoms with Crippen molar-refractivity contribution in [2.75, 3.05) is 31.5 Å². The lowest BCUT2D eigenvalue weighted by molar-refractivity contribution is -0.886. The molecule has 1 aromatic rings. The van der Waals surface area contributed by atoms with Gasteiger partial charge in [0.2, 0.25) is 15.9 Å². The number of likely N-dealkylation sites (tertiary alicyclic amines) is 1. The van der Waals surface area contributed by atoms with Crippen molar-refractivity contribution in [1.82, 2.24) is 4.72 Å². The highest BCUT2D eigenvalue weighted by Crippen LogP contribution is 2.13. The van der Waals surface area contributed by atoms with Crippen LogP contribution in [-0.2, 0) is 14.8 Å². The number of amides is 1. The summed E-state index contributed by atoms with van der Waals surface area (Å²) in [7, 11) is -3.47. The van der Waals surface area contributed by atoms with E-state index in [4.69, 9.17) is 0 Å². The minimum Gasteiger partial charge on any atom is -0.334 e. The monoisotopic (exact) mass is 312 g/mol. The fourth-order valence-electron chi connectivity index (χ4n) is 2.49. The van der Waals surface area contributed by atoms with Crippen molar-refractivity contribution in [3.8, 4) is 0 Å². The quantitative estimate of drug-likeness (QED) is 0.669. The first-order valence-electron chi connectivity index (χ1n) is 7.18. The largest absolute Gasteiger partial charge is 0.334 e. The molecule has 1 saturated heterocycles. The van der Waals surface area contributed by atoms with Crippen LogP contribution in [-0.4, -0.2) is 40.5 Å². The molecule has 1 heterocycles. The summed E-state index contributed by atoms with van der Waals surface area (Å²) in [5, 5.41) is 2.61. The Kier molecular flexibility index (Phi) is 5.33. The van der Waals surface area contributed by atoms with Gasteiger partial charge in [-0.05, 0) is 24.3 Å². The Morgan fingerprint density at radius 1 is 1.19 bits per heavy atom. The first-order chi connectivity index (χ1) is 9.97. The third-order valence-electron chi connectivity index (χ3n) is 3.57. The molecule has 2 rings (SSSR count). The van der Waals surface area contributed by atoms with E-state index in [0.717, 1.165) is 19.6 Å². The SMILES string of the molecule is CC(=O)Nc1ccc(S(=O)(=O)NCC[NH+]2CCCC2)cc1. The zero-order valence-corrected chi connectivity index (χ0v) is 13.0. The summed E-state index contributed by atoms with van der Waals surface area (Å²) < 4.78 is 26.9. The second kappa shape index (κ2) is 7.02. The van der Waals surface area contributed by atoms with Gasteiger partial charge in [0.15, 0.2) is 0 Å². The topological polar surface area (TPSA) is 79.7 Å². The Labute approximate surface area is 125 Å². The van der Waals surface area contributed by atoms with Gasteiger partial charge in [-0.2, -0.15) is 0 Å². The molecule has 21 heavy (non-hydrogen) atoms. The third-order valence-corrected chi connectivity index (χ3v) is 5.04. The molecule has 0 unspecified atom stereocenters. The van der Waals surface area contributed by atoms with Gasteiger partial charge in [0.1, 0.15) is 0 Å². The van der Waals surface area contributed by atoms with Crippen LogP contribution in [0.1, 0.15) is 19.8 Å². The number of quaternary nitrogens is 1. The highest BCUT2D eigenvalue weighted by Gasteiger charge is 2.17. The maximum absolute atomic E-state index is 12.1. The summed E-state index contributed by atoms with van der Waals surface area (Å²) >= 11 is 0. The van der Waals surface area contributed by atoms with Gasteiger partial charge in [-0.1, -0.05) is 0 Å².